The second kappa shape index (κ2) is 6.79. The molecule has 9 heteroatoms. The third kappa shape index (κ3) is 3.70. The minimum absolute atomic E-state index is 0.0439. The minimum atomic E-state index is -0.811. The zero-order valence-corrected chi connectivity index (χ0v) is 17.3. The molecule has 0 bridgehead atoms. The van der Waals surface area contributed by atoms with E-state index >= 15 is 0 Å². The van der Waals surface area contributed by atoms with Crippen molar-refractivity contribution in [3.05, 3.63) is 11.3 Å². The Morgan fingerprint density at radius 3 is 2.39 bits per heavy atom. The molecule has 1 aromatic heterocycles. The first-order chi connectivity index (χ1) is 13.0. The van der Waals surface area contributed by atoms with Crippen molar-refractivity contribution in [2.75, 3.05) is 11.9 Å². The Hall–Kier alpha value is -2.58. The van der Waals surface area contributed by atoms with Gasteiger partial charge in [-0.3, -0.25) is 9.69 Å². The zero-order chi connectivity index (χ0) is 20.9. The van der Waals surface area contributed by atoms with Crippen LogP contribution in [-0.2, 0) is 26.4 Å². The molecule has 2 amide bonds. The Morgan fingerprint density at radius 2 is 1.86 bits per heavy atom. The molecule has 154 valence electrons. The number of rotatable bonds is 3. The predicted octanol–water partition coefficient (Wildman–Crippen LogP) is 3.22. The van der Waals surface area contributed by atoms with Gasteiger partial charge in [-0.25, -0.2) is 9.59 Å². The summed E-state index contributed by atoms with van der Waals surface area (Å²) in [4.78, 5) is 39.0. The number of hydrogen-bond donors (Lipinski definition) is 1. The van der Waals surface area contributed by atoms with Gasteiger partial charge < -0.3 is 14.8 Å². The van der Waals surface area contributed by atoms with Crippen LogP contribution in [0.2, 0.25) is 0 Å². The molecular formula is C19H28N4O5. The quantitative estimate of drug-likeness (QED) is 0.847. The van der Waals surface area contributed by atoms with Crippen molar-refractivity contribution in [1.29, 1.82) is 0 Å². The second-order valence-electron chi connectivity index (χ2n) is 8.68. The van der Waals surface area contributed by atoms with E-state index in [1.54, 1.807) is 32.6 Å². The van der Waals surface area contributed by atoms with Crippen molar-refractivity contribution >= 4 is 23.9 Å². The van der Waals surface area contributed by atoms with Gasteiger partial charge in [-0.05, 0) is 54.4 Å². The van der Waals surface area contributed by atoms with Crippen LogP contribution >= 0.6 is 0 Å². The number of aromatic nitrogens is 2. The van der Waals surface area contributed by atoms with Crippen LogP contribution in [-0.4, -0.2) is 45.0 Å². The van der Waals surface area contributed by atoms with Crippen molar-refractivity contribution in [3.63, 3.8) is 0 Å². The predicted molar refractivity (Wildman–Crippen MR) is 101 cm³/mol. The van der Waals surface area contributed by atoms with Crippen molar-refractivity contribution in [3.8, 4) is 0 Å². The van der Waals surface area contributed by atoms with Gasteiger partial charge in [-0.15, -0.1) is 4.68 Å². The highest BCUT2D eigenvalue weighted by Gasteiger charge is 2.47. The van der Waals surface area contributed by atoms with Crippen LogP contribution in [0, 0.1) is 5.92 Å². The summed E-state index contributed by atoms with van der Waals surface area (Å²) < 4.78 is 11.7. The van der Waals surface area contributed by atoms with Gasteiger partial charge in [0.25, 0.3) is 0 Å². The molecule has 1 N–H and O–H groups in total. The van der Waals surface area contributed by atoms with Gasteiger partial charge in [0.1, 0.15) is 11.4 Å². The number of amides is 2. The molecule has 1 fully saturated rings. The van der Waals surface area contributed by atoms with E-state index in [0.29, 0.717) is 11.3 Å². The number of nitrogens with one attached hydrogen (secondary N) is 1. The van der Waals surface area contributed by atoms with E-state index in [-0.39, 0.29) is 30.8 Å². The first-order valence-corrected chi connectivity index (χ1v) is 9.56. The molecule has 1 aromatic rings. The van der Waals surface area contributed by atoms with E-state index in [1.807, 2.05) is 13.8 Å². The minimum Gasteiger partial charge on any atom is -0.448 e. The first kappa shape index (κ1) is 20.2. The highest BCUT2D eigenvalue weighted by Crippen LogP contribution is 2.43. The van der Waals surface area contributed by atoms with E-state index < -0.39 is 23.3 Å². The maximum absolute atomic E-state index is 12.7. The molecule has 1 aliphatic heterocycles. The summed E-state index contributed by atoms with van der Waals surface area (Å²) in [6.45, 7) is 11.1. The molecule has 0 radical (unpaired) electrons. The zero-order valence-electron chi connectivity index (χ0n) is 17.3. The van der Waals surface area contributed by atoms with Crippen LogP contribution in [0.4, 0.5) is 15.4 Å². The summed E-state index contributed by atoms with van der Waals surface area (Å²) in [7, 11) is 0. The third-order valence-corrected chi connectivity index (χ3v) is 4.80. The van der Waals surface area contributed by atoms with Gasteiger partial charge in [-0.2, -0.15) is 5.10 Å². The Bertz CT molecular complexity index is 817. The molecule has 2 aliphatic rings. The number of carbonyl (C=O) groups excluding carboxylic acids is 3. The van der Waals surface area contributed by atoms with Gasteiger partial charge in [-0.1, -0.05) is 0 Å². The molecule has 1 aliphatic carbocycles. The Labute approximate surface area is 164 Å². The highest BCUT2D eigenvalue weighted by atomic mass is 16.6. The lowest BCUT2D eigenvalue weighted by atomic mass is 10.0. The Balaban J connectivity index is 1.97. The van der Waals surface area contributed by atoms with E-state index in [4.69, 9.17) is 9.47 Å². The molecular weight excluding hydrogens is 364 g/mol. The summed E-state index contributed by atoms with van der Waals surface area (Å²) in [5.74, 6) is 0.0730. The smallest absolute Gasteiger partial charge is 0.436 e. The van der Waals surface area contributed by atoms with Crippen molar-refractivity contribution < 1.29 is 23.9 Å². The van der Waals surface area contributed by atoms with Crippen molar-refractivity contribution in [2.24, 2.45) is 5.92 Å². The van der Waals surface area contributed by atoms with Crippen LogP contribution in [0.1, 0.15) is 65.6 Å². The van der Waals surface area contributed by atoms with Crippen LogP contribution in [0.5, 0.6) is 0 Å². The van der Waals surface area contributed by atoms with E-state index in [1.165, 1.54) is 0 Å². The van der Waals surface area contributed by atoms with Crippen LogP contribution in [0.25, 0.3) is 0 Å². The molecule has 0 atom stereocenters. The fourth-order valence-electron chi connectivity index (χ4n) is 3.19. The molecule has 2 heterocycles. The number of nitrogens with zero attached hydrogens (tertiary/aromatic N) is 3. The molecule has 9 nitrogen and oxygen atoms in total. The first-order valence-electron chi connectivity index (χ1n) is 9.56. The van der Waals surface area contributed by atoms with Crippen LogP contribution < -0.4 is 5.32 Å². The number of carbonyl (C=O) groups is 3. The molecule has 1 saturated carbocycles. The third-order valence-electron chi connectivity index (χ3n) is 4.80. The average molecular weight is 392 g/mol. The van der Waals surface area contributed by atoms with Gasteiger partial charge in [0, 0.05) is 11.5 Å². The second-order valence-corrected chi connectivity index (χ2v) is 8.68. The standard InChI is InChI=1S/C19H28N4O5/c1-7-27-17(26)23-14(20-15(24)11-8-9-11)12-10-22(16(25)28-18(2,3)4)19(5,6)13(12)21-23/h11H,7-10H2,1-6H3,(H,20,24). The molecule has 0 saturated heterocycles. The SMILES string of the molecule is CCOC(=O)n1nc2c(c1NC(=O)C1CC1)CN(C(=O)OC(C)(C)C)C2(C)C. The maximum atomic E-state index is 12.7. The summed E-state index contributed by atoms with van der Waals surface area (Å²) in [5.41, 5.74) is -0.286. The van der Waals surface area contributed by atoms with Gasteiger partial charge in [0.15, 0.2) is 0 Å². The number of fused-ring (bicyclic) bond motifs is 1. The van der Waals surface area contributed by atoms with Gasteiger partial charge in [0.05, 0.1) is 24.4 Å². The van der Waals surface area contributed by atoms with Gasteiger partial charge in [0.2, 0.25) is 5.91 Å². The summed E-state index contributed by atoms with van der Waals surface area (Å²) >= 11 is 0. The van der Waals surface area contributed by atoms with E-state index in [0.717, 1.165) is 17.5 Å². The molecule has 0 spiro atoms. The van der Waals surface area contributed by atoms with E-state index in [2.05, 4.69) is 10.4 Å². The van der Waals surface area contributed by atoms with Crippen molar-refractivity contribution in [1.82, 2.24) is 14.7 Å². The maximum Gasteiger partial charge on any atom is 0.436 e. The fourth-order valence-corrected chi connectivity index (χ4v) is 3.19. The molecule has 0 unspecified atom stereocenters. The summed E-state index contributed by atoms with van der Waals surface area (Å²) in [5, 5.41) is 7.22. The number of ether oxygens (including phenoxy) is 2. The lowest BCUT2D eigenvalue weighted by Crippen LogP contribution is -2.44. The lowest BCUT2D eigenvalue weighted by Gasteiger charge is -2.33. The molecule has 3 rings (SSSR count). The highest BCUT2D eigenvalue weighted by molar-refractivity contribution is 5.96. The molecule has 0 aromatic carbocycles. The monoisotopic (exact) mass is 392 g/mol. The number of anilines is 1. The lowest BCUT2D eigenvalue weighted by molar-refractivity contribution is -0.117. The van der Waals surface area contributed by atoms with Crippen LogP contribution in [0.15, 0.2) is 0 Å². The van der Waals surface area contributed by atoms with Gasteiger partial charge >= 0.3 is 12.2 Å². The normalized spacial score (nSPS) is 17.9. The average Bonchev–Trinajstić information content (AvgIpc) is 3.29. The Morgan fingerprint density at radius 1 is 1.21 bits per heavy atom. The van der Waals surface area contributed by atoms with E-state index in [9.17, 15) is 14.4 Å². The fraction of sp³-hybridized carbons (Fsp3) is 0.684. The largest absolute Gasteiger partial charge is 0.448 e. The Kier molecular flexibility index (Phi) is 4.89. The summed E-state index contributed by atoms with van der Waals surface area (Å²) in [6.07, 6.45) is 0.522. The van der Waals surface area contributed by atoms with Crippen molar-refractivity contribution in [2.45, 2.75) is 72.1 Å². The topological polar surface area (TPSA) is 103 Å². The number of hydrogen-bond acceptors (Lipinski definition) is 6. The summed E-state index contributed by atoms with van der Waals surface area (Å²) in [6, 6.07) is 0. The molecule has 28 heavy (non-hydrogen) atoms. The van der Waals surface area contributed by atoms with Crippen LogP contribution in [0.3, 0.4) is 0 Å².